The van der Waals surface area contributed by atoms with Crippen molar-refractivity contribution in [2.45, 2.75) is 120 Å². The van der Waals surface area contributed by atoms with E-state index in [2.05, 4.69) is 4.52 Å². The van der Waals surface area contributed by atoms with Crippen LogP contribution < -0.4 is 5.73 Å². The maximum atomic E-state index is 12.8. The van der Waals surface area contributed by atoms with E-state index in [-0.39, 0.29) is 5.92 Å². The first-order valence-electron chi connectivity index (χ1n) is 12.5. The SMILES string of the molecule is NC(=O)N(C1OC(COP(=O)(O)O)C(O)C1O)C12CCCCCCCCCCC(C1)C(O)CC2. The van der Waals surface area contributed by atoms with Crippen LogP contribution in [-0.4, -0.2) is 78.8 Å². The number of hydrogen-bond acceptors (Lipinski definition) is 7. The average Bonchev–Trinajstić information content (AvgIpc) is 3.04. The Balaban J connectivity index is 1.86. The summed E-state index contributed by atoms with van der Waals surface area (Å²) in [6, 6.07) is -0.799. The molecule has 2 bridgehead atoms. The molecule has 0 aromatic heterocycles. The number of aliphatic hydroxyl groups is 3. The summed E-state index contributed by atoms with van der Waals surface area (Å²) in [5, 5.41) is 32.0. The molecule has 3 aliphatic rings. The predicted molar refractivity (Wildman–Crippen MR) is 122 cm³/mol. The Morgan fingerprint density at radius 2 is 1.59 bits per heavy atom. The molecule has 3 rings (SSSR count). The molecule has 0 spiro atoms. The lowest BCUT2D eigenvalue weighted by Crippen LogP contribution is -2.63. The molecule has 2 aliphatic carbocycles. The monoisotopic (exact) mass is 508 g/mol. The maximum Gasteiger partial charge on any atom is 0.469 e. The third-order valence-electron chi connectivity index (χ3n) is 7.81. The van der Waals surface area contributed by atoms with Gasteiger partial charge in [0.25, 0.3) is 0 Å². The highest BCUT2D eigenvalue weighted by molar-refractivity contribution is 7.46. The van der Waals surface area contributed by atoms with Crippen molar-refractivity contribution in [3.8, 4) is 0 Å². The van der Waals surface area contributed by atoms with Crippen LogP contribution in [0.5, 0.6) is 0 Å². The van der Waals surface area contributed by atoms with Gasteiger partial charge in [-0.05, 0) is 38.0 Å². The molecule has 11 nitrogen and oxygen atoms in total. The molecule has 1 heterocycles. The highest BCUT2D eigenvalue weighted by Crippen LogP contribution is 2.46. The first-order chi connectivity index (χ1) is 16.0. The smallest absolute Gasteiger partial charge is 0.393 e. The molecule has 0 aromatic rings. The number of urea groups is 1. The predicted octanol–water partition coefficient (Wildman–Crippen LogP) is 1.74. The molecule has 7 unspecified atom stereocenters. The minimum absolute atomic E-state index is 0.0198. The molecule has 3 fully saturated rings. The molecule has 7 N–H and O–H groups in total. The number of fused-ring (bicyclic) bond motifs is 2. The summed E-state index contributed by atoms with van der Waals surface area (Å²) in [7, 11) is -4.81. The number of nitrogens with zero attached hydrogens (tertiary/aromatic N) is 1. The minimum atomic E-state index is -4.81. The van der Waals surface area contributed by atoms with E-state index in [1.54, 1.807) is 0 Å². The zero-order chi connectivity index (χ0) is 24.9. The van der Waals surface area contributed by atoms with Crippen LogP contribution in [0.3, 0.4) is 0 Å². The number of phosphoric ester groups is 1. The maximum absolute atomic E-state index is 12.8. The van der Waals surface area contributed by atoms with Crippen molar-refractivity contribution in [3.63, 3.8) is 0 Å². The third-order valence-corrected chi connectivity index (χ3v) is 8.29. The number of rotatable bonds is 5. The highest BCUT2D eigenvalue weighted by atomic mass is 31.2. The fourth-order valence-electron chi connectivity index (χ4n) is 6.04. The van der Waals surface area contributed by atoms with E-state index < -0.39 is 56.6 Å². The first kappa shape index (κ1) is 27.8. The van der Waals surface area contributed by atoms with Crippen molar-refractivity contribution >= 4 is 13.9 Å². The molecule has 12 heteroatoms. The van der Waals surface area contributed by atoms with Gasteiger partial charge >= 0.3 is 13.9 Å². The molecule has 1 saturated heterocycles. The van der Waals surface area contributed by atoms with Crippen LogP contribution in [0.15, 0.2) is 0 Å². The number of phosphoric acid groups is 1. The number of carbonyl (C=O) groups is 1. The molecule has 2 amide bonds. The van der Waals surface area contributed by atoms with Crippen LogP contribution in [0.2, 0.25) is 0 Å². The summed E-state index contributed by atoms with van der Waals surface area (Å²) >= 11 is 0. The number of amides is 2. The first-order valence-corrected chi connectivity index (χ1v) is 14.1. The molecular weight excluding hydrogens is 467 g/mol. The van der Waals surface area contributed by atoms with Gasteiger partial charge in [-0.15, -0.1) is 0 Å². The van der Waals surface area contributed by atoms with Crippen molar-refractivity contribution < 1.29 is 43.7 Å². The second kappa shape index (κ2) is 12.0. The van der Waals surface area contributed by atoms with E-state index in [0.29, 0.717) is 25.7 Å². The van der Waals surface area contributed by atoms with Gasteiger partial charge in [0.15, 0.2) is 6.23 Å². The van der Waals surface area contributed by atoms with Crippen LogP contribution in [0.1, 0.15) is 83.5 Å². The van der Waals surface area contributed by atoms with Gasteiger partial charge in [-0.1, -0.05) is 51.4 Å². The molecular formula is C22H41N2O9P. The highest BCUT2D eigenvalue weighted by Gasteiger charge is 2.54. The Morgan fingerprint density at radius 3 is 2.21 bits per heavy atom. The van der Waals surface area contributed by atoms with E-state index in [1.807, 2.05) is 0 Å². The topological polar surface area (TPSA) is 183 Å². The Kier molecular flexibility index (Phi) is 9.79. The van der Waals surface area contributed by atoms with E-state index in [4.69, 9.17) is 20.3 Å². The van der Waals surface area contributed by atoms with Gasteiger partial charge in [-0.2, -0.15) is 0 Å². The van der Waals surface area contributed by atoms with Crippen molar-refractivity contribution in [1.82, 2.24) is 4.90 Å². The van der Waals surface area contributed by atoms with Gasteiger partial charge < -0.3 is 35.6 Å². The normalized spacial score (nSPS) is 38.4. The van der Waals surface area contributed by atoms with E-state index in [9.17, 15) is 24.7 Å². The van der Waals surface area contributed by atoms with E-state index in [0.717, 1.165) is 44.9 Å². The number of carbonyl (C=O) groups excluding carboxylic acids is 1. The van der Waals surface area contributed by atoms with Crippen molar-refractivity contribution in [3.05, 3.63) is 0 Å². The summed E-state index contributed by atoms with van der Waals surface area (Å²) in [5.41, 5.74) is 5.09. The zero-order valence-corrected chi connectivity index (χ0v) is 20.6. The molecule has 34 heavy (non-hydrogen) atoms. The number of ether oxygens (including phenoxy) is 1. The van der Waals surface area contributed by atoms with Crippen molar-refractivity contribution in [1.29, 1.82) is 0 Å². The molecule has 7 atom stereocenters. The fraction of sp³-hybridized carbons (Fsp3) is 0.955. The number of primary amides is 1. The summed E-state index contributed by atoms with van der Waals surface area (Å²) in [4.78, 5) is 32.1. The lowest BCUT2D eigenvalue weighted by molar-refractivity contribution is -0.134. The molecule has 198 valence electrons. The van der Waals surface area contributed by atoms with Gasteiger partial charge in [-0.25, -0.2) is 9.36 Å². The third kappa shape index (κ3) is 6.91. The number of hydrogen-bond donors (Lipinski definition) is 6. The second-order valence-electron chi connectivity index (χ2n) is 10.2. The summed E-state index contributed by atoms with van der Waals surface area (Å²) in [6.07, 6.45) is 5.50. The largest absolute Gasteiger partial charge is 0.469 e. The van der Waals surface area contributed by atoms with Gasteiger partial charge in [0.2, 0.25) is 0 Å². The summed E-state index contributed by atoms with van der Waals surface area (Å²) < 4.78 is 21.3. The van der Waals surface area contributed by atoms with Crippen LogP contribution in [0, 0.1) is 5.92 Å². The van der Waals surface area contributed by atoms with Crippen molar-refractivity contribution in [2.24, 2.45) is 11.7 Å². The lowest BCUT2D eigenvalue weighted by atomic mass is 9.69. The lowest BCUT2D eigenvalue weighted by Gasteiger charge is -2.52. The Labute approximate surface area is 200 Å². The molecule has 0 radical (unpaired) electrons. The number of nitrogens with two attached hydrogens (primary N) is 1. The average molecular weight is 509 g/mol. The van der Waals surface area contributed by atoms with Crippen LogP contribution in [0.25, 0.3) is 0 Å². The molecule has 1 aliphatic heterocycles. The van der Waals surface area contributed by atoms with E-state index >= 15 is 0 Å². The van der Waals surface area contributed by atoms with Crippen LogP contribution in [0.4, 0.5) is 4.79 Å². The Morgan fingerprint density at radius 1 is 0.971 bits per heavy atom. The van der Waals surface area contributed by atoms with E-state index in [1.165, 1.54) is 17.7 Å². The summed E-state index contributed by atoms with van der Waals surface area (Å²) in [5.74, 6) is -0.0198. The van der Waals surface area contributed by atoms with Crippen LogP contribution in [-0.2, 0) is 13.8 Å². The van der Waals surface area contributed by atoms with Gasteiger partial charge in [0.1, 0.15) is 18.3 Å². The van der Waals surface area contributed by atoms with Gasteiger partial charge in [-0.3, -0.25) is 9.42 Å². The standard InChI is InChI=1S/C22H41N2O9P/c23-21(28)24(20-19(27)18(26)17(33-20)14-32-34(29,30)31)22-11-8-6-4-2-1-3-5-7-9-15(13-22)16(25)10-12-22/h15-20,25-27H,1-14H2,(H2,23,28)(H2,29,30,31). The van der Waals surface area contributed by atoms with Crippen LogP contribution >= 0.6 is 7.82 Å². The quantitative estimate of drug-likeness (QED) is 0.301. The Hall–Kier alpha value is -0.780. The van der Waals surface area contributed by atoms with Gasteiger partial charge in [0, 0.05) is 5.54 Å². The van der Waals surface area contributed by atoms with Gasteiger partial charge in [0.05, 0.1) is 12.7 Å². The Bertz CT molecular complexity index is 722. The summed E-state index contributed by atoms with van der Waals surface area (Å²) in [6.45, 7) is -0.653. The molecule has 2 saturated carbocycles. The fourth-order valence-corrected chi connectivity index (χ4v) is 6.38. The minimum Gasteiger partial charge on any atom is -0.393 e. The molecule has 0 aromatic carbocycles. The number of aliphatic hydroxyl groups excluding tert-OH is 3. The zero-order valence-electron chi connectivity index (χ0n) is 19.7. The van der Waals surface area contributed by atoms with Crippen molar-refractivity contribution in [2.75, 3.05) is 6.61 Å². The second-order valence-corrected chi connectivity index (χ2v) is 11.4.